The summed E-state index contributed by atoms with van der Waals surface area (Å²) in [6.07, 6.45) is 1.61. The number of fused-ring (bicyclic) bond motifs is 1. The maximum atomic E-state index is 11.8. The molecule has 2 aromatic heterocycles. The van der Waals surface area contributed by atoms with Crippen LogP contribution in [-0.4, -0.2) is 19.6 Å². The van der Waals surface area contributed by atoms with E-state index in [-0.39, 0.29) is 43.1 Å². The summed E-state index contributed by atoms with van der Waals surface area (Å²) in [5.41, 5.74) is 12.3. The van der Waals surface area contributed by atoms with Crippen molar-refractivity contribution in [2.24, 2.45) is 0 Å². The molecule has 0 radical (unpaired) electrons. The van der Waals surface area contributed by atoms with Crippen molar-refractivity contribution in [3.05, 3.63) is 144 Å². The second-order valence-corrected chi connectivity index (χ2v) is 17.3. The summed E-state index contributed by atoms with van der Waals surface area (Å²) in [5.74, 6) is 0.889. The number of nitriles is 1. The van der Waals surface area contributed by atoms with Gasteiger partial charge in [-0.05, 0) is 68.8 Å². The maximum absolute atomic E-state index is 11.8. The molecule has 0 aliphatic carbocycles. The van der Waals surface area contributed by atoms with Crippen molar-refractivity contribution in [1.29, 1.82) is 5.26 Å². The van der Waals surface area contributed by atoms with Gasteiger partial charge in [-0.25, -0.2) is 4.98 Å². The van der Waals surface area contributed by atoms with E-state index in [0.29, 0.717) is 17.0 Å². The Kier molecular flexibility index (Phi) is 10.6. The van der Waals surface area contributed by atoms with Crippen molar-refractivity contribution in [3.63, 3.8) is 0 Å². The molecular formula is C49H47N4OPt-. The zero-order chi connectivity index (χ0) is 38.6. The van der Waals surface area contributed by atoms with Crippen LogP contribution in [0.5, 0.6) is 5.75 Å². The molecule has 7 rings (SSSR count). The molecule has 1 N–H and O–H groups in total. The van der Waals surface area contributed by atoms with Gasteiger partial charge in [0.15, 0.2) is 0 Å². The molecule has 0 atom stereocenters. The van der Waals surface area contributed by atoms with Crippen molar-refractivity contribution in [2.75, 3.05) is 0 Å². The summed E-state index contributed by atoms with van der Waals surface area (Å²) in [4.78, 5) is 10.1. The normalized spacial score (nSPS) is 12.0. The number of phenolic OH excluding ortho intramolecular Hbond substituents is 1. The first kappa shape index (κ1) is 39.4. The Balaban J connectivity index is 0.00000514. The minimum Gasteiger partial charge on any atom is -0.507 e. The van der Waals surface area contributed by atoms with Gasteiger partial charge < -0.3 is 5.11 Å². The van der Waals surface area contributed by atoms with Crippen molar-refractivity contribution in [1.82, 2.24) is 14.5 Å². The number of hydrogen-bond acceptors (Lipinski definition) is 4. The fourth-order valence-electron chi connectivity index (χ4n) is 6.96. The summed E-state index contributed by atoms with van der Waals surface area (Å²) in [6.45, 7) is 19.8. The Morgan fingerprint density at radius 3 is 1.87 bits per heavy atom. The second-order valence-electron chi connectivity index (χ2n) is 17.3. The first-order chi connectivity index (χ1) is 25.5. The number of benzene rings is 5. The third-order valence-electron chi connectivity index (χ3n) is 10.1. The molecule has 5 nitrogen and oxygen atoms in total. The van der Waals surface area contributed by atoms with Gasteiger partial charge in [-0.15, -0.1) is 23.8 Å². The fraction of sp³-hybridized carbons (Fsp3) is 0.245. The van der Waals surface area contributed by atoms with E-state index in [4.69, 9.17) is 9.97 Å². The number of phenols is 1. The molecule has 7 aromatic rings. The average molecular weight is 903 g/mol. The van der Waals surface area contributed by atoms with E-state index in [2.05, 4.69) is 140 Å². The van der Waals surface area contributed by atoms with Crippen LogP contribution in [0.4, 0.5) is 0 Å². The van der Waals surface area contributed by atoms with Gasteiger partial charge in [0.1, 0.15) is 17.6 Å². The summed E-state index contributed by atoms with van der Waals surface area (Å²) in [5, 5.41) is 21.3. The van der Waals surface area contributed by atoms with Crippen molar-refractivity contribution < 1.29 is 26.2 Å². The number of hydrogen-bond donors (Lipinski definition) is 1. The van der Waals surface area contributed by atoms with Crippen LogP contribution in [0.15, 0.2) is 115 Å². The van der Waals surface area contributed by atoms with Crippen LogP contribution in [0, 0.1) is 17.4 Å². The average Bonchev–Trinajstić information content (AvgIpc) is 3.53. The first-order valence-electron chi connectivity index (χ1n) is 18.5. The molecule has 0 saturated carbocycles. The number of pyridine rings is 1. The van der Waals surface area contributed by atoms with Crippen LogP contribution >= 0.6 is 0 Å². The van der Waals surface area contributed by atoms with Gasteiger partial charge in [-0.2, -0.15) is 5.26 Å². The predicted octanol–water partition coefficient (Wildman–Crippen LogP) is 12.4. The van der Waals surface area contributed by atoms with Crippen LogP contribution in [0.3, 0.4) is 0 Å². The minimum atomic E-state index is -0.267. The van der Waals surface area contributed by atoms with Gasteiger partial charge >= 0.3 is 0 Å². The zero-order valence-corrected chi connectivity index (χ0v) is 35.3. The molecule has 55 heavy (non-hydrogen) atoms. The van der Waals surface area contributed by atoms with Gasteiger partial charge in [-0.3, -0.25) is 9.55 Å². The van der Waals surface area contributed by atoms with Gasteiger partial charge in [-0.1, -0.05) is 146 Å². The molecule has 0 fully saturated rings. The number of rotatable bonds is 5. The van der Waals surface area contributed by atoms with Gasteiger partial charge in [0.25, 0.3) is 0 Å². The van der Waals surface area contributed by atoms with E-state index in [0.717, 1.165) is 55.8 Å². The molecule has 0 unspecified atom stereocenters. The molecule has 0 spiro atoms. The van der Waals surface area contributed by atoms with E-state index in [1.54, 1.807) is 12.3 Å². The third-order valence-corrected chi connectivity index (χ3v) is 10.1. The monoisotopic (exact) mass is 902 g/mol. The summed E-state index contributed by atoms with van der Waals surface area (Å²) >= 11 is 0. The standard InChI is InChI=1S/C49H47N4O.Pt/c1-47(2,3)36-26-33(27-37(28-36)48(4,5)6)32-23-34(25-35(24-32)42-22-21-31(29-50)30-51-42)39-17-14-20-43-44(39)52-46(53(43)38-15-11-10-12-16-38)40-18-13-19-41(45(40)54)49(7,8)9;/h10-24,26-28,30,54H,1-9H3;/q-1;. The van der Waals surface area contributed by atoms with Crippen molar-refractivity contribution in [3.8, 4) is 62.4 Å². The first-order valence-corrected chi connectivity index (χ1v) is 18.5. The zero-order valence-electron chi connectivity index (χ0n) is 33.0. The third kappa shape index (κ3) is 7.80. The molecule has 2 heterocycles. The van der Waals surface area contributed by atoms with Gasteiger partial charge in [0.2, 0.25) is 0 Å². The van der Waals surface area contributed by atoms with Crippen molar-refractivity contribution >= 4 is 11.0 Å². The number of imidazole rings is 1. The molecule has 0 bridgehead atoms. The van der Waals surface area contributed by atoms with Crippen molar-refractivity contribution in [2.45, 2.75) is 78.6 Å². The van der Waals surface area contributed by atoms with Crippen LogP contribution in [0.25, 0.3) is 61.6 Å². The molecule has 6 heteroatoms. The Hall–Kier alpha value is -5.30. The molecule has 0 saturated heterocycles. The predicted molar refractivity (Wildman–Crippen MR) is 222 cm³/mol. The molecule has 0 aliphatic rings. The van der Waals surface area contributed by atoms with E-state index in [9.17, 15) is 10.4 Å². The summed E-state index contributed by atoms with van der Waals surface area (Å²) < 4.78 is 2.13. The maximum Gasteiger partial charge on any atom is 0.148 e. The van der Waals surface area contributed by atoms with Gasteiger partial charge in [0, 0.05) is 38.6 Å². The Labute approximate surface area is 340 Å². The van der Waals surface area contributed by atoms with Crippen LogP contribution in [-0.2, 0) is 37.3 Å². The number of aromatic hydroxyl groups is 1. The van der Waals surface area contributed by atoms with E-state index < -0.39 is 0 Å². The quantitative estimate of drug-likeness (QED) is 0.175. The van der Waals surface area contributed by atoms with E-state index in [1.165, 1.54) is 11.1 Å². The van der Waals surface area contributed by atoms with E-state index in [1.807, 2.05) is 42.5 Å². The number of aromatic nitrogens is 3. The molecule has 0 amide bonds. The number of nitrogens with zero attached hydrogens (tertiary/aromatic N) is 4. The van der Waals surface area contributed by atoms with Crippen LogP contribution < -0.4 is 0 Å². The largest absolute Gasteiger partial charge is 0.507 e. The molecular weight excluding hydrogens is 856 g/mol. The van der Waals surface area contributed by atoms with Crippen LogP contribution in [0.2, 0.25) is 0 Å². The summed E-state index contributed by atoms with van der Waals surface area (Å²) in [7, 11) is 0. The van der Waals surface area contributed by atoms with E-state index >= 15 is 0 Å². The molecule has 0 aliphatic heterocycles. The topological polar surface area (TPSA) is 74.7 Å². The van der Waals surface area contributed by atoms with Crippen LogP contribution in [0.1, 0.15) is 84.6 Å². The molecule has 280 valence electrons. The smallest absolute Gasteiger partial charge is 0.148 e. The summed E-state index contributed by atoms with van der Waals surface area (Å²) in [6, 6.07) is 43.2. The minimum absolute atomic E-state index is 0. The Morgan fingerprint density at radius 1 is 0.655 bits per heavy atom. The number of para-hydroxylation sites is 3. The van der Waals surface area contributed by atoms with Gasteiger partial charge in [0.05, 0.1) is 22.2 Å². The Bertz CT molecular complexity index is 2530. The SMILES string of the molecule is CC(C)(C)c1cc(-c2cc(-c3ccc(C#N)cn3)[c-]c(-c3cccc4c3nc(-c3cccc(C(C)(C)C)c3O)n4-c3ccccc3)c2)cc(C(C)(C)C)c1.[Pt]. The molecule has 5 aromatic carbocycles. The fourth-order valence-corrected chi connectivity index (χ4v) is 6.96. The Morgan fingerprint density at radius 2 is 1.27 bits per heavy atom. The second kappa shape index (κ2) is 14.7.